The summed E-state index contributed by atoms with van der Waals surface area (Å²) in [5, 5.41) is 0. The summed E-state index contributed by atoms with van der Waals surface area (Å²) in [6.07, 6.45) is 4.32. The first-order valence-corrected chi connectivity index (χ1v) is 8.27. The Kier molecular flexibility index (Phi) is 6.74. The SMILES string of the molecule is COC(=O)[C@@H]1CC[C@H](C/C=C/C(C)=O)N1C(=O)OCc1ccccc1. The predicted molar refractivity (Wildman–Crippen MR) is 91.7 cm³/mol. The van der Waals surface area contributed by atoms with Gasteiger partial charge in [-0.05, 0) is 37.8 Å². The van der Waals surface area contributed by atoms with Crippen LogP contribution in [0.5, 0.6) is 0 Å². The van der Waals surface area contributed by atoms with Crippen LogP contribution < -0.4 is 0 Å². The number of ketones is 1. The van der Waals surface area contributed by atoms with Crippen LogP contribution in [0.4, 0.5) is 4.79 Å². The summed E-state index contributed by atoms with van der Waals surface area (Å²) in [6, 6.07) is 8.50. The molecule has 134 valence electrons. The number of hydrogen-bond acceptors (Lipinski definition) is 5. The van der Waals surface area contributed by atoms with E-state index in [1.165, 1.54) is 25.0 Å². The fourth-order valence-corrected chi connectivity index (χ4v) is 2.94. The first kappa shape index (κ1) is 18.7. The zero-order chi connectivity index (χ0) is 18.2. The number of likely N-dealkylation sites (tertiary alicyclic amines) is 1. The lowest BCUT2D eigenvalue weighted by Crippen LogP contribution is -2.45. The number of ether oxygens (including phenoxy) is 2. The number of esters is 1. The van der Waals surface area contributed by atoms with Crippen LogP contribution in [0.25, 0.3) is 0 Å². The molecule has 1 amide bonds. The van der Waals surface area contributed by atoms with Crippen molar-refractivity contribution in [1.29, 1.82) is 0 Å². The van der Waals surface area contributed by atoms with E-state index in [1.54, 1.807) is 6.08 Å². The molecule has 0 unspecified atom stereocenters. The summed E-state index contributed by atoms with van der Waals surface area (Å²) in [7, 11) is 1.30. The molecule has 6 heteroatoms. The van der Waals surface area contributed by atoms with Crippen LogP contribution in [0.2, 0.25) is 0 Å². The third-order valence-corrected chi connectivity index (χ3v) is 4.15. The molecule has 0 radical (unpaired) electrons. The lowest BCUT2D eigenvalue weighted by atomic mass is 10.1. The van der Waals surface area contributed by atoms with Gasteiger partial charge in [-0.2, -0.15) is 0 Å². The quantitative estimate of drug-likeness (QED) is 0.585. The highest BCUT2D eigenvalue weighted by Gasteiger charge is 2.42. The molecule has 1 aromatic rings. The van der Waals surface area contributed by atoms with E-state index in [0.29, 0.717) is 19.3 Å². The van der Waals surface area contributed by atoms with E-state index >= 15 is 0 Å². The highest BCUT2D eigenvalue weighted by Crippen LogP contribution is 2.28. The second kappa shape index (κ2) is 9.01. The monoisotopic (exact) mass is 345 g/mol. The van der Waals surface area contributed by atoms with Crippen LogP contribution in [0, 0.1) is 0 Å². The van der Waals surface area contributed by atoms with E-state index in [1.807, 2.05) is 30.3 Å². The van der Waals surface area contributed by atoms with Crippen molar-refractivity contribution < 1.29 is 23.9 Å². The fraction of sp³-hybridized carbons (Fsp3) is 0.421. The van der Waals surface area contributed by atoms with Gasteiger partial charge >= 0.3 is 12.1 Å². The molecule has 0 N–H and O–H groups in total. The van der Waals surface area contributed by atoms with Gasteiger partial charge in [-0.1, -0.05) is 36.4 Å². The highest BCUT2D eigenvalue weighted by atomic mass is 16.6. The smallest absolute Gasteiger partial charge is 0.411 e. The molecule has 2 atom stereocenters. The van der Waals surface area contributed by atoms with Crippen molar-refractivity contribution in [3.8, 4) is 0 Å². The normalized spacial score (nSPS) is 19.8. The molecule has 0 spiro atoms. The van der Waals surface area contributed by atoms with Crippen molar-refractivity contribution in [3.05, 3.63) is 48.0 Å². The Bertz CT molecular complexity index is 640. The maximum Gasteiger partial charge on any atom is 0.411 e. The molecule has 0 saturated carbocycles. The summed E-state index contributed by atoms with van der Waals surface area (Å²) in [4.78, 5) is 37.0. The summed E-state index contributed by atoms with van der Waals surface area (Å²) >= 11 is 0. The average Bonchev–Trinajstić information content (AvgIpc) is 3.03. The summed E-state index contributed by atoms with van der Waals surface area (Å²) < 4.78 is 10.2. The number of hydrogen-bond donors (Lipinski definition) is 0. The van der Waals surface area contributed by atoms with E-state index in [0.717, 1.165) is 5.56 Å². The molecule has 1 aliphatic rings. The van der Waals surface area contributed by atoms with Gasteiger partial charge < -0.3 is 9.47 Å². The lowest BCUT2D eigenvalue weighted by Gasteiger charge is -2.27. The van der Waals surface area contributed by atoms with Crippen LogP contribution in [0.1, 0.15) is 31.7 Å². The number of carbonyl (C=O) groups excluding carboxylic acids is 3. The molecule has 1 fully saturated rings. The van der Waals surface area contributed by atoms with E-state index in [-0.39, 0.29) is 18.4 Å². The van der Waals surface area contributed by atoms with E-state index in [9.17, 15) is 14.4 Å². The number of allylic oxidation sites excluding steroid dienone is 1. The van der Waals surface area contributed by atoms with Crippen molar-refractivity contribution in [2.24, 2.45) is 0 Å². The maximum absolute atomic E-state index is 12.6. The van der Waals surface area contributed by atoms with Gasteiger partial charge in [0, 0.05) is 6.04 Å². The minimum atomic E-state index is -0.649. The highest BCUT2D eigenvalue weighted by molar-refractivity contribution is 5.87. The van der Waals surface area contributed by atoms with Gasteiger partial charge in [-0.15, -0.1) is 0 Å². The molecule has 0 aromatic heterocycles. The Morgan fingerprint density at radius 1 is 1.20 bits per heavy atom. The van der Waals surface area contributed by atoms with Gasteiger partial charge in [-0.25, -0.2) is 9.59 Å². The Hall–Kier alpha value is -2.63. The van der Waals surface area contributed by atoms with Crippen molar-refractivity contribution >= 4 is 17.8 Å². The summed E-state index contributed by atoms with van der Waals surface area (Å²) in [6.45, 7) is 1.61. The number of nitrogens with zero attached hydrogens (tertiary/aromatic N) is 1. The minimum Gasteiger partial charge on any atom is -0.467 e. The number of carbonyl (C=O) groups is 3. The molecule has 25 heavy (non-hydrogen) atoms. The Labute approximate surface area is 147 Å². The van der Waals surface area contributed by atoms with Crippen LogP contribution in [0.3, 0.4) is 0 Å². The average molecular weight is 345 g/mol. The molecule has 0 bridgehead atoms. The Morgan fingerprint density at radius 3 is 2.56 bits per heavy atom. The molecule has 1 aromatic carbocycles. The third-order valence-electron chi connectivity index (χ3n) is 4.15. The van der Waals surface area contributed by atoms with Gasteiger partial charge in [0.05, 0.1) is 7.11 Å². The molecular formula is C19H23NO5. The number of benzene rings is 1. The topological polar surface area (TPSA) is 72.9 Å². The molecule has 1 heterocycles. The van der Waals surface area contributed by atoms with E-state index in [2.05, 4.69) is 0 Å². The van der Waals surface area contributed by atoms with Crippen LogP contribution in [-0.2, 0) is 25.7 Å². The number of rotatable bonds is 6. The standard InChI is InChI=1S/C19H23NO5/c1-14(21)7-6-10-16-11-12-17(18(22)24-2)20(16)19(23)25-13-15-8-4-3-5-9-15/h3-9,16-17H,10-13H2,1-2H3/b7-6+/t16-,17-/m0/s1. The van der Waals surface area contributed by atoms with E-state index in [4.69, 9.17) is 9.47 Å². The lowest BCUT2D eigenvalue weighted by molar-refractivity contribution is -0.145. The zero-order valence-corrected chi connectivity index (χ0v) is 14.5. The van der Waals surface area contributed by atoms with Crippen LogP contribution >= 0.6 is 0 Å². The fourth-order valence-electron chi connectivity index (χ4n) is 2.94. The zero-order valence-electron chi connectivity index (χ0n) is 14.5. The predicted octanol–water partition coefficient (Wildman–Crippen LogP) is 2.86. The van der Waals surface area contributed by atoms with Crippen molar-refractivity contribution in [3.63, 3.8) is 0 Å². The van der Waals surface area contributed by atoms with Gasteiger partial charge in [0.15, 0.2) is 5.78 Å². The van der Waals surface area contributed by atoms with Gasteiger partial charge in [0.1, 0.15) is 12.6 Å². The Morgan fingerprint density at radius 2 is 1.92 bits per heavy atom. The first-order valence-electron chi connectivity index (χ1n) is 8.27. The van der Waals surface area contributed by atoms with Crippen LogP contribution in [-0.4, -0.2) is 41.9 Å². The van der Waals surface area contributed by atoms with Gasteiger partial charge in [0.25, 0.3) is 0 Å². The summed E-state index contributed by atoms with van der Waals surface area (Å²) in [5.74, 6) is -0.504. The third kappa shape index (κ3) is 5.17. The minimum absolute atomic E-state index is 0.0549. The molecule has 1 aliphatic heterocycles. The van der Waals surface area contributed by atoms with Crippen molar-refractivity contribution in [2.75, 3.05) is 7.11 Å². The number of methoxy groups -OCH3 is 1. The van der Waals surface area contributed by atoms with Gasteiger partial charge in [-0.3, -0.25) is 9.69 Å². The Balaban J connectivity index is 2.06. The van der Waals surface area contributed by atoms with Crippen LogP contribution in [0.15, 0.2) is 42.5 Å². The van der Waals surface area contributed by atoms with Gasteiger partial charge in [0.2, 0.25) is 0 Å². The van der Waals surface area contributed by atoms with E-state index < -0.39 is 18.1 Å². The van der Waals surface area contributed by atoms with Crippen molar-refractivity contribution in [1.82, 2.24) is 4.90 Å². The van der Waals surface area contributed by atoms with Crippen molar-refractivity contribution in [2.45, 2.75) is 44.9 Å². The molecule has 2 rings (SSSR count). The number of amides is 1. The second-order valence-electron chi connectivity index (χ2n) is 5.97. The molecule has 6 nitrogen and oxygen atoms in total. The second-order valence-corrected chi connectivity index (χ2v) is 5.97. The first-order chi connectivity index (χ1) is 12.0. The summed E-state index contributed by atoms with van der Waals surface area (Å²) in [5.41, 5.74) is 0.873. The molecule has 1 saturated heterocycles. The largest absolute Gasteiger partial charge is 0.467 e. The molecular weight excluding hydrogens is 322 g/mol. The maximum atomic E-state index is 12.6. The molecule has 0 aliphatic carbocycles.